The molecule has 0 saturated carbocycles. The Hall–Kier alpha value is -1.84. The number of nitrogens with zero attached hydrogens (tertiary/aromatic N) is 2. The Morgan fingerprint density at radius 2 is 2.05 bits per heavy atom. The fraction of sp³-hybridized carbons (Fsp3) is 0.100. The summed E-state index contributed by atoms with van der Waals surface area (Å²) in [5, 5.41) is 14.4. The number of aromatic nitrogens is 3. The first-order chi connectivity index (χ1) is 9.72. The first-order valence-corrected chi connectivity index (χ1v) is 7.59. The van der Waals surface area contributed by atoms with Gasteiger partial charge in [0.2, 0.25) is 0 Å². The first kappa shape index (κ1) is 15.5. The minimum Gasteiger partial charge on any atom is -0.478 e. The second-order valence-electron chi connectivity index (χ2n) is 3.89. The highest BCUT2D eigenvalue weighted by molar-refractivity contribution is 7.92. The van der Waals surface area contributed by atoms with Gasteiger partial charge in [-0.05, 0) is 19.1 Å². The molecule has 0 saturated heterocycles. The van der Waals surface area contributed by atoms with E-state index in [-0.39, 0.29) is 11.0 Å². The summed E-state index contributed by atoms with van der Waals surface area (Å²) in [4.78, 5) is 14.4. The van der Waals surface area contributed by atoms with Gasteiger partial charge < -0.3 is 5.11 Å². The van der Waals surface area contributed by atoms with E-state index < -0.39 is 31.5 Å². The lowest BCUT2D eigenvalue weighted by atomic mass is 10.2. The molecule has 0 radical (unpaired) electrons. The second-order valence-corrected chi connectivity index (χ2v) is 6.33. The molecule has 0 fully saturated rings. The maximum atomic E-state index is 12.2. The summed E-state index contributed by atoms with van der Waals surface area (Å²) in [6.45, 7) is 1.59. The smallest absolute Gasteiger partial charge is 0.338 e. The molecule has 8 nitrogen and oxygen atoms in total. The van der Waals surface area contributed by atoms with E-state index in [4.69, 9.17) is 28.3 Å². The summed E-state index contributed by atoms with van der Waals surface area (Å²) in [5.74, 6) is -1.22. The number of nitrogens with one attached hydrogen (secondary N) is 2. The van der Waals surface area contributed by atoms with Gasteiger partial charge >= 0.3 is 5.97 Å². The number of carbonyl (C=O) groups is 1. The summed E-state index contributed by atoms with van der Waals surface area (Å²) in [7, 11) is -4.15. The van der Waals surface area contributed by atoms with E-state index in [0.29, 0.717) is 5.82 Å². The monoisotopic (exact) mass is 350 g/mol. The Bertz CT molecular complexity index is 818. The van der Waals surface area contributed by atoms with Crippen LogP contribution in [0.3, 0.4) is 0 Å². The fourth-order valence-electron chi connectivity index (χ4n) is 1.50. The van der Waals surface area contributed by atoms with Gasteiger partial charge in [0.25, 0.3) is 16.0 Å². The van der Waals surface area contributed by atoms with E-state index in [9.17, 15) is 13.2 Å². The van der Waals surface area contributed by atoms with E-state index in [1.165, 1.54) is 0 Å². The van der Waals surface area contributed by atoms with E-state index >= 15 is 0 Å². The lowest BCUT2D eigenvalue weighted by Gasteiger charge is -2.09. The van der Waals surface area contributed by atoms with Crippen molar-refractivity contribution in [2.24, 2.45) is 0 Å². The van der Waals surface area contributed by atoms with Gasteiger partial charge in [-0.25, -0.2) is 17.9 Å². The van der Waals surface area contributed by atoms with Gasteiger partial charge in [0.05, 0.1) is 15.6 Å². The van der Waals surface area contributed by atoms with Crippen LogP contribution in [-0.4, -0.2) is 34.7 Å². The van der Waals surface area contributed by atoms with Gasteiger partial charge in [-0.2, -0.15) is 4.98 Å². The number of carboxylic acid groups (broad SMARTS) is 1. The van der Waals surface area contributed by atoms with Crippen molar-refractivity contribution in [1.29, 1.82) is 0 Å². The molecule has 0 bridgehead atoms. The normalized spacial score (nSPS) is 11.4. The molecule has 0 aliphatic heterocycles. The number of benzene rings is 1. The molecule has 1 heterocycles. The zero-order valence-corrected chi connectivity index (χ0v) is 12.7. The van der Waals surface area contributed by atoms with Crippen molar-refractivity contribution in [2.75, 3.05) is 4.72 Å². The average molecular weight is 351 g/mol. The third-order valence-corrected chi connectivity index (χ3v) is 4.57. The summed E-state index contributed by atoms with van der Waals surface area (Å²) in [5.41, 5.74) is -0.493. The zero-order valence-electron chi connectivity index (χ0n) is 10.4. The molecule has 0 aliphatic rings. The minimum absolute atomic E-state index is 0.166. The first-order valence-electron chi connectivity index (χ1n) is 5.35. The van der Waals surface area contributed by atoms with Gasteiger partial charge in [0.1, 0.15) is 10.7 Å². The van der Waals surface area contributed by atoms with Crippen LogP contribution in [0, 0.1) is 6.92 Å². The minimum atomic E-state index is -4.15. The van der Waals surface area contributed by atoms with E-state index in [1.54, 1.807) is 6.92 Å². The van der Waals surface area contributed by atoms with Crippen LogP contribution in [0.1, 0.15) is 16.2 Å². The average Bonchev–Trinajstić information content (AvgIpc) is 2.72. The number of hydrogen-bond donors (Lipinski definition) is 3. The molecule has 0 unspecified atom stereocenters. The highest BCUT2D eigenvalue weighted by Crippen LogP contribution is 2.31. The van der Waals surface area contributed by atoms with Crippen molar-refractivity contribution >= 4 is 45.1 Å². The number of anilines is 1. The number of halogens is 2. The number of aryl methyl sites for hydroxylation is 1. The predicted molar refractivity (Wildman–Crippen MR) is 75.3 cm³/mol. The Balaban J connectivity index is 2.50. The van der Waals surface area contributed by atoms with Gasteiger partial charge in [0.15, 0.2) is 0 Å². The van der Waals surface area contributed by atoms with Crippen molar-refractivity contribution in [3.05, 3.63) is 33.6 Å². The highest BCUT2D eigenvalue weighted by atomic mass is 35.5. The maximum absolute atomic E-state index is 12.2. The van der Waals surface area contributed by atoms with Crippen LogP contribution >= 0.6 is 23.2 Å². The van der Waals surface area contributed by atoms with E-state index in [1.807, 2.05) is 0 Å². The molecule has 112 valence electrons. The second kappa shape index (κ2) is 5.51. The van der Waals surface area contributed by atoms with Crippen molar-refractivity contribution in [1.82, 2.24) is 15.2 Å². The van der Waals surface area contributed by atoms with Crippen molar-refractivity contribution in [2.45, 2.75) is 11.8 Å². The third-order valence-electron chi connectivity index (χ3n) is 2.38. The van der Waals surface area contributed by atoms with E-state index in [0.717, 1.165) is 12.1 Å². The zero-order chi connectivity index (χ0) is 15.8. The van der Waals surface area contributed by atoms with Gasteiger partial charge in [-0.15, -0.1) is 5.10 Å². The standard InChI is InChI=1S/C10H8Cl2N4O4S/c1-4-13-10(15-14-4)16-21(19,20)6-3-2-5(11)7(8(6)12)9(17)18/h2-3H,1H3,(H,17,18)(H2,13,14,15,16). The summed E-state index contributed by atoms with van der Waals surface area (Å²) in [6.07, 6.45) is 0. The van der Waals surface area contributed by atoms with Gasteiger partial charge in [-0.3, -0.25) is 5.10 Å². The molecule has 1 aromatic carbocycles. The molecule has 11 heteroatoms. The highest BCUT2D eigenvalue weighted by Gasteiger charge is 2.25. The van der Waals surface area contributed by atoms with Crippen LogP contribution in [0.25, 0.3) is 0 Å². The molecular weight excluding hydrogens is 343 g/mol. The van der Waals surface area contributed by atoms with Crippen molar-refractivity contribution in [3.8, 4) is 0 Å². The fourth-order valence-corrected chi connectivity index (χ4v) is 3.36. The van der Waals surface area contributed by atoms with Crippen LogP contribution in [0.5, 0.6) is 0 Å². The number of H-pyrrole nitrogens is 1. The quantitative estimate of drug-likeness (QED) is 0.773. The summed E-state index contributed by atoms with van der Waals surface area (Å²) >= 11 is 11.5. The molecular formula is C10H8Cl2N4O4S. The summed E-state index contributed by atoms with van der Waals surface area (Å²) < 4.78 is 26.5. The Labute approximate surface area is 129 Å². The predicted octanol–water partition coefficient (Wildman–Crippen LogP) is 1.92. The van der Waals surface area contributed by atoms with Crippen molar-refractivity contribution < 1.29 is 18.3 Å². The molecule has 2 aromatic rings. The Morgan fingerprint density at radius 3 is 2.57 bits per heavy atom. The molecule has 0 aliphatic carbocycles. The molecule has 0 amide bonds. The van der Waals surface area contributed by atoms with Crippen LogP contribution in [0.15, 0.2) is 17.0 Å². The number of rotatable bonds is 4. The SMILES string of the molecule is Cc1nc(NS(=O)(=O)c2ccc(Cl)c(C(=O)O)c2Cl)n[nH]1. The molecule has 21 heavy (non-hydrogen) atoms. The van der Waals surface area contributed by atoms with Crippen LogP contribution < -0.4 is 4.72 Å². The number of sulfonamides is 1. The van der Waals surface area contributed by atoms with Crippen LogP contribution in [0.2, 0.25) is 10.0 Å². The number of carboxylic acids is 1. The molecule has 2 rings (SSSR count). The number of hydrogen-bond acceptors (Lipinski definition) is 5. The molecule has 1 aromatic heterocycles. The van der Waals surface area contributed by atoms with Gasteiger partial charge in [-0.1, -0.05) is 23.2 Å². The third kappa shape index (κ3) is 3.09. The Kier molecular flexibility index (Phi) is 4.08. The largest absolute Gasteiger partial charge is 0.478 e. The molecule has 3 N–H and O–H groups in total. The van der Waals surface area contributed by atoms with Gasteiger partial charge in [0, 0.05) is 0 Å². The topological polar surface area (TPSA) is 125 Å². The maximum Gasteiger partial charge on any atom is 0.338 e. The lowest BCUT2D eigenvalue weighted by Crippen LogP contribution is -2.16. The van der Waals surface area contributed by atoms with E-state index in [2.05, 4.69) is 19.9 Å². The van der Waals surface area contributed by atoms with Crippen molar-refractivity contribution in [3.63, 3.8) is 0 Å². The number of aromatic amines is 1. The molecule has 0 atom stereocenters. The summed E-state index contributed by atoms with van der Waals surface area (Å²) in [6, 6.07) is 2.23. The lowest BCUT2D eigenvalue weighted by molar-refractivity contribution is 0.0697. The van der Waals surface area contributed by atoms with Crippen LogP contribution in [0.4, 0.5) is 5.95 Å². The number of aromatic carboxylic acids is 1. The Morgan fingerprint density at radius 1 is 1.38 bits per heavy atom. The van der Waals surface area contributed by atoms with Crippen LogP contribution in [-0.2, 0) is 10.0 Å². The molecule has 0 spiro atoms.